The quantitative estimate of drug-likeness (QED) is 0.470. The van der Waals surface area contributed by atoms with Crippen molar-refractivity contribution in [1.82, 2.24) is 9.21 Å². The topological polar surface area (TPSA) is 60.9 Å². The average Bonchev–Trinajstić information content (AvgIpc) is 2.84. The van der Waals surface area contributed by atoms with Gasteiger partial charge in [-0.15, -0.1) is 0 Å². The Kier molecular flexibility index (Phi) is 7.74. The van der Waals surface area contributed by atoms with E-state index in [0.29, 0.717) is 31.2 Å². The smallest absolute Gasteiger partial charge is 0.243 e. The summed E-state index contributed by atoms with van der Waals surface area (Å²) in [4.78, 5) is 17.1. The summed E-state index contributed by atoms with van der Waals surface area (Å²) < 4.78 is 41.4. The van der Waals surface area contributed by atoms with E-state index < -0.39 is 10.0 Å². The van der Waals surface area contributed by atoms with E-state index in [4.69, 9.17) is 11.6 Å². The molecule has 0 aromatic heterocycles. The summed E-state index contributed by atoms with van der Waals surface area (Å²) in [6.07, 6.45) is 0. The Labute approximate surface area is 210 Å². The number of sulfonamides is 1. The van der Waals surface area contributed by atoms with Crippen molar-refractivity contribution in [3.8, 4) is 0 Å². The van der Waals surface area contributed by atoms with Gasteiger partial charge in [0.25, 0.3) is 0 Å². The predicted octanol–water partition coefficient (Wildman–Crippen LogP) is 4.33. The maximum atomic E-state index is 13.5. The summed E-state index contributed by atoms with van der Waals surface area (Å²) in [5.41, 5.74) is 2.70. The number of piperazine rings is 1. The Balaban J connectivity index is 1.50. The molecular weight excluding hydrogens is 489 g/mol. The lowest BCUT2D eigenvalue weighted by Crippen LogP contribution is -2.51. The standard InChI is InChI=1S/C26H27ClFN3O3S/c1-20-3-2-4-21(17-20)18-31(35(33,34)25-11-5-22(27)6-12-25)19-26(32)30-15-13-29(14-16-30)24-9-7-23(28)8-10-24/h2-12,17H,13-16,18-19H2,1H3. The molecule has 1 saturated heterocycles. The van der Waals surface area contributed by atoms with Crippen LogP contribution in [0, 0.1) is 12.7 Å². The van der Waals surface area contributed by atoms with Gasteiger partial charge < -0.3 is 9.80 Å². The fourth-order valence-electron chi connectivity index (χ4n) is 4.11. The molecule has 0 saturated carbocycles. The van der Waals surface area contributed by atoms with Gasteiger partial charge in [0.15, 0.2) is 0 Å². The first kappa shape index (κ1) is 25.2. The number of rotatable bonds is 7. The van der Waals surface area contributed by atoms with E-state index in [1.807, 2.05) is 31.2 Å². The van der Waals surface area contributed by atoms with Crippen molar-refractivity contribution >= 4 is 33.2 Å². The normalized spacial score (nSPS) is 14.4. The number of carbonyl (C=O) groups is 1. The second kappa shape index (κ2) is 10.8. The molecule has 1 heterocycles. The predicted molar refractivity (Wildman–Crippen MR) is 135 cm³/mol. The molecule has 1 amide bonds. The molecular formula is C26H27ClFN3O3S. The van der Waals surface area contributed by atoms with Crippen LogP contribution in [0.15, 0.2) is 77.7 Å². The van der Waals surface area contributed by atoms with Gasteiger partial charge in [0.1, 0.15) is 5.82 Å². The van der Waals surface area contributed by atoms with Crippen molar-refractivity contribution < 1.29 is 17.6 Å². The largest absolute Gasteiger partial charge is 0.368 e. The first-order valence-corrected chi connectivity index (χ1v) is 13.1. The second-order valence-corrected chi connectivity index (χ2v) is 10.9. The van der Waals surface area contributed by atoms with Gasteiger partial charge in [0.2, 0.25) is 15.9 Å². The van der Waals surface area contributed by atoms with Crippen LogP contribution in [0.3, 0.4) is 0 Å². The minimum absolute atomic E-state index is 0.0773. The van der Waals surface area contributed by atoms with Crippen LogP contribution in [-0.4, -0.2) is 56.3 Å². The zero-order valence-electron chi connectivity index (χ0n) is 19.4. The molecule has 4 rings (SSSR count). The third-order valence-electron chi connectivity index (χ3n) is 6.03. The van der Waals surface area contributed by atoms with E-state index in [1.165, 1.54) is 40.7 Å². The first-order chi connectivity index (χ1) is 16.7. The van der Waals surface area contributed by atoms with Gasteiger partial charge in [-0.3, -0.25) is 4.79 Å². The van der Waals surface area contributed by atoms with Crippen molar-refractivity contribution in [2.45, 2.75) is 18.4 Å². The molecule has 3 aromatic carbocycles. The third kappa shape index (κ3) is 6.20. The van der Waals surface area contributed by atoms with Crippen molar-refractivity contribution in [3.05, 3.63) is 94.8 Å². The van der Waals surface area contributed by atoms with Crippen molar-refractivity contribution in [3.63, 3.8) is 0 Å². The summed E-state index contributed by atoms with van der Waals surface area (Å²) in [5.74, 6) is -0.549. The Morgan fingerprint density at radius 1 is 0.971 bits per heavy atom. The minimum Gasteiger partial charge on any atom is -0.368 e. The third-order valence-corrected chi connectivity index (χ3v) is 8.09. The Morgan fingerprint density at radius 2 is 1.63 bits per heavy atom. The molecule has 1 aliphatic heterocycles. The van der Waals surface area contributed by atoms with E-state index in [2.05, 4.69) is 4.90 Å². The van der Waals surface area contributed by atoms with Crippen molar-refractivity contribution in [2.75, 3.05) is 37.6 Å². The van der Waals surface area contributed by atoms with E-state index in [1.54, 1.807) is 17.0 Å². The zero-order valence-corrected chi connectivity index (χ0v) is 21.0. The van der Waals surface area contributed by atoms with Crippen LogP contribution >= 0.6 is 11.6 Å². The maximum absolute atomic E-state index is 13.5. The molecule has 0 radical (unpaired) electrons. The van der Waals surface area contributed by atoms with E-state index in [9.17, 15) is 17.6 Å². The molecule has 0 aliphatic carbocycles. The number of anilines is 1. The Morgan fingerprint density at radius 3 is 2.26 bits per heavy atom. The SMILES string of the molecule is Cc1cccc(CN(CC(=O)N2CCN(c3ccc(F)cc3)CC2)S(=O)(=O)c2ccc(Cl)cc2)c1. The highest BCUT2D eigenvalue weighted by Gasteiger charge is 2.30. The molecule has 0 spiro atoms. The Bertz CT molecular complexity index is 1280. The second-order valence-electron chi connectivity index (χ2n) is 8.56. The molecule has 0 atom stereocenters. The van der Waals surface area contributed by atoms with Gasteiger partial charge in [-0.25, -0.2) is 12.8 Å². The number of nitrogens with zero attached hydrogens (tertiary/aromatic N) is 3. The number of amides is 1. The van der Waals surface area contributed by atoms with E-state index >= 15 is 0 Å². The summed E-state index contributed by atoms with van der Waals surface area (Å²) in [6, 6.07) is 19.8. The molecule has 6 nitrogen and oxygen atoms in total. The summed E-state index contributed by atoms with van der Waals surface area (Å²) in [6.45, 7) is 3.82. The minimum atomic E-state index is -3.94. The van der Waals surface area contributed by atoms with Crippen LogP contribution in [0.5, 0.6) is 0 Å². The maximum Gasteiger partial charge on any atom is 0.243 e. The number of aryl methyl sites for hydroxylation is 1. The highest BCUT2D eigenvalue weighted by atomic mass is 35.5. The first-order valence-electron chi connectivity index (χ1n) is 11.3. The summed E-state index contributed by atoms with van der Waals surface area (Å²) in [7, 11) is -3.94. The van der Waals surface area contributed by atoms with Crippen LogP contribution < -0.4 is 4.90 Å². The molecule has 0 bridgehead atoms. The molecule has 0 N–H and O–H groups in total. The van der Waals surface area contributed by atoms with Crippen LogP contribution in [0.2, 0.25) is 5.02 Å². The highest BCUT2D eigenvalue weighted by Crippen LogP contribution is 2.22. The highest BCUT2D eigenvalue weighted by molar-refractivity contribution is 7.89. The van der Waals surface area contributed by atoms with Gasteiger partial charge in [0.05, 0.1) is 11.4 Å². The van der Waals surface area contributed by atoms with Crippen LogP contribution in [0.25, 0.3) is 0 Å². The molecule has 0 unspecified atom stereocenters. The van der Waals surface area contributed by atoms with Gasteiger partial charge in [-0.1, -0.05) is 41.4 Å². The molecule has 1 aliphatic rings. The van der Waals surface area contributed by atoms with Gasteiger partial charge in [0, 0.05) is 43.4 Å². The van der Waals surface area contributed by atoms with Crippen molar-refractivity contribution in [2.24, 2.45) is 0 Å². The van der Waals surface area contributed by atoms with Crippen LogP contribution in [0.4, 0.5) is 10.1 Å². The fraction of sp³-hybridized carbons (Fsp3) is 0.269. The zero-order chi connectivity index (χ0) is 25.0. The number of halogens is 2. The molecule has 3 aromatic rings. The molecule has 9 heteroatoms. The average molecular weight is 516 g/mol. The van der Waals surface area contributed by atoms with E-state index in [-0.39, 0.29) is 29.7 Å². The van der Waals surface area contributed by atoms with Gasteiger partial charge >= 0.3 is 0 Å². The lowest BCUT2D eigenvalue weighted by atomic mass is 10.1. The molecule has 35 heavy (non-hydrogen) atoms. The molecule has 184 valence electrons. The van der Waals surface area contributed by atoms with E-state index in [0.717, 1.165) is 16.8 Å². The van der Waals surface area contributed by atoms with Crippen LogP contribution in [-0.2, 0) is 21.4 Å². The molecule has 1 fully saturated rings. The number of carbonyl (C=O) groups excluding carboxylic acids is 1. The number of hydrogen-bond donors (Lipinski definition) is 0. The Hall–Kier alpha value is -2.94. The van der Waals surface area contributed by atoms with Gasteiger partial charge in [-0.2, -0.15) is 4.31 Å². The summed E-state index contributed by atoms with van der Waals surface area (Å²) in [5, 5.41) is 0.435. The van der Waals surface area contributed by atoms with Crippen molar-refractivity contribution in [1.29, 1.82) is 0 Å². The lowest BCUT2D eigenvalue weighted by Gasteiger charge is -2.37. The van der Waals surface area contributed by atoms with Gasteiger partial charge in [-0.05, 0) is 61.0 Å². The van der Waals surface area contributed by atoms with Crippen LogP contribution in [0.1, 0.15) is 11.1 Å². The fourth-order valence-corrected chi connectivity index (χ4v) is 5.62. The lowest BCUT2D eigenvalue weighted by molar-refractivity contribution is -0.131. The number of benzene rings is 3. The monoisotopic (exact) mass is 515 g/mol. The number of hydrogen-bond acceptors (Lipinski definition) is 4. The summed E-state index contributed by atoms with van der Waals surface area (Å²) >= 11 is 5.95.